The van der Waals surface area contributed by atoms with E-state index in [1.54, 1.807) is 11.0 Å². The lowest BCUT2D eigenvalue weighted by Crippen LogP contribution is -2.42. The van der Waals surface area contributed by atoms with Crippen LogP contribution < -0.4 is 10.6 Å². The SMILES string of the molecule is CC(Cn1cncn1)NC(=O)Nc1sc2c(c1C(=O)N1CCOCC1)CCC(C)(C)C2. The molecule has 3 amide bonds. The van der Waals surface area contributed by atoms with E-state index >= 15 is 0 Å². The minimum atomic E-state index is -0.318. The Labute approximate surface area is 186 Å². The zero-order valence-corrected chi connectivity index (χ0v) is 19.1. The summed E-state index contributed by atoms with van der Waals surface area (Å²) in [4.78, 5) is 33.1. The average Bonchev–Trinajstić information content (AvgIpc) is 3.34. The number of carbonyl (C=O) groups excluding carboxylic acids is 2. The predicted molar refractivity (Wildman–Crippen MR) is 118 cm³/mol. The Morgan fingerprint density at radius 1 is 1.32 bits per heavy atom. The number of thiophene rings is 1. The first kappa shape index (κ1) is 21.8. The van der Waals surface area contributed by atoms with Crippen LogP contribution in [0.25, 0.3) is 0 Å². The van der Waals surface area contributed by atoms with E-state index in [0.29, 0.717) is 43.4 Å². The number of aromatic nitrogens is 3. The molecule has 31 heavy (non-hydrogen) atoms. The highest BCUT2D eigenvalue weighted by molar-refractivity contribution is 7.17. The third-order valence-electron chi connectivity index (χ3n) is 5.83. The Morgan fingerprint density at radius 2 is 2.10 bits per heavy atom. The van der Waals surface area contributed by atoms with Gasteiger partial charge >= 0.3 is 6.03 Å². The third kappa shape index (κ3) is 5.07. The maximum Gasteiger partial charge on any atom is 0.320 e. The molecule has 0 bridgehead atoms. The normalized spacial score (nSPS) is 18.9. The van der Waals surface area contributed by atoms with Crippen molar-refractivity contribution in [2.75, 3.05) is 31.6 Å². The van der Waals surface area contributed by atoms with Crippen molar-refractivity contribution in [3.63, 3.8) is 0 Å². The second-order valence-corrected chi connectivity index (χ2v) is 10.2. The smallest absolute Gasteiger partial charge is 0.320 e. The summed E-state index contributed by atoms with van der Waals surface area (Å²) in [6.07, 6.45) is 5.89. The van der Waals surface area contributed by atoms with Gasteiger partial charge in [0.2, 0.25) is 0 Å². The molecule has 10 heteroatoms. The van der Waals surface area contributed by atoms with Crippen LogP contribution in [0.3, 0.4) is 0 Å². The van der Waals surface area contributed by atoms with Crippen LogP contribution in [-0.4, -0.2) is 63.9 Å². The van der Waals surface area contributed by atoms with Crippen molar-refractivity contribution in [2.24, 2.45) is 5.41 Å². The van der Waals surface area contributed by atoms with Crippen LogP contribution >= 0.6 is 11.3 Å². The highest BCUT2D eigenvalue weighted by atomic mass is 32.1. The van der Waals surface area contributed by atoms with Crippen molar-refractivity contribution in [2.45, 2.75) is 52.6 Å². The Morgan fingerprint density at radius 3 is 2.81 bits per heavy atom. The lowest BCUT2D eigenvalue weighted by atomic mass is 9.77. The first-order chi connectivity index (χ1) is 14.8. The van der Waals surface area contributed by atoms with E-state index in [9.17, 15) is 9.59 Å². The largest absolute Gasteiger partial charge is 0.378 e. The highest BCUT2D eigenvalue weighted by Crippen LogP contribution is 2.44. The minimum absolute atomic E-state index is 0.00790. The standard InChI is InChI=1S/C21H30N6O3S/c1-14(11-27-13-22-12-23-27)24-20(29)25-18-17(19(28)26-6-8-30-9-7-26)15-4-5-21(2,3)10-16(15)31-18/h12-14H,4-11H2,1-3H3,(H2,24,25,29). The number of morpholine rings is 1. The molecule has 2 aromatic rings. The van der Waals surface area contributed by atoms with Crippen molar-refractivity contribution in [3.8, 4) is 0 Å². The van der Waals surface area contributed by atoms with E-state index in [-0.39, 0.29) is 23.4 Å². The van der Waals surface area contributed by atoms with Crippen LogP contribution in [0.2, 0.25) is 0 Å². The summed E-state index contributed by atoms with van der Waals surface area (Å²) >= 11 is 1.54. The fourth-order valence-electron chi connectivity index (χ4n) is 4.16. The molecular weight excluding hydrogens is 416 g/mol. The molecule has 168 valence electrons. The van der Waals surface area contributed by atoms with E-state index in [2.05, 4.69) is 34.6 Å². The Balaban J connectivity index is 1.53. The Hall–Kier alpha value is -2.46. The fraction of sp³-hybridized carbons (Fsp3) is 0.619. The van der Waals surface area contributed by atoms with Gasteiger partial charge < -0.3 is 15.0 Å². The van der Waals surface area contributed by atoms with Crippen LogP contribution in [0.4, 0.5) is 9.80 Å². The number of anilines is 1. The summed E-state index contributed by atoms with van der Waals surface area (Å²) in [5.41, 5.74) is 1.96. The van der Waals surface area contributed by atoms with Crippen molar-refractivity contribution in [1.29, 1.82) is 0 Å². The lowest BCUT2D eigenvalue weighted by molar-refractivity contribution is 0.0303. The van der Waals surface area contributed by atoms with Gasteiger partial charge in [-0.1, -0.05) is 13.8 Å². The summed E-state index contributed by atoms with van der Waals surface area (Å²) in [5, 5.41) is 10.6. The van der Waals surface area contributed by atoms with Gasteiger partial charge in [-0.25, -0.2) is 9.78 Å². The molecule has 1 saturated heterocycles. The molecule has 1 fully saturated rings. The van der Waals surface area contributed by atoms with Gasteiger partial charge in [0.25, 0.3) is 5.91 Å². The first-order valence-electron chi connectivity index (χ1n) is 10.7. The van der Waals surface area contributed by atoms with E-state index in [1.807, 2.05) is 11.8 Å². The molecule has 0 aromatic carbocycles. The van der Waals surface area contributed by atoms with Crippen molar-refractivity contribution >= 4 is 28.3 Å². The number of nitrogens with zero attached hydrogens (tertiary/aromatic N) is 4. The molecule has 4 rings (SSSR count). The molecule has 1 unspecified atom stereocenters. The van der Waals surface area contributed by atoms with Crippen LogP contribution in [-0.2, 0) is 24.1 Å². The molecule has 1 aliphatic carbocycles. The summed E-state index contributed by atoms with van der Waals surface area (Å²) in [5.74, 6) is -0.00790. The molecule has 1 atom stereocenters. The van der Waals surface area contributed by atoms with Crippen molar-refractivity contribution in [1.82, 2.24) is 25.0 Å². The summed E-state index contributed by atoms with van der Waals surface area (Å²) in [6.45, 7) is 9.19. The van der Waals surface area contributed by atoms with Gasteiger partial charge in [0.15, 0.2) is 0 Å². The quantitative estimate of drug-likeness (QED) is 0.735. The van der Waals surface area contributed by atoms with Crippen LogP contribution in [0.1, 0.15) is 48.0 Å². The summed E-state index contributed by atoms with van der Waals surface area (Å²) < 4.78 is 7.08. The van der Waals surface area contributed by atoms with E-state index in [1.165, 1.54) is 22.5 Å². The number of carbonyl (C=O) groups is 2. The predicted octanol–water partition coefficient (Wildman–Crippen LogP) is 2.54. The fourth-order valence-corrected chi connectivity index (χ4v) is 5.65. The van der Waals surface area contributed by atoms with Crippen molar-refractivity contribution in [3.05, 3.63) is 28.7 Å². The van der Waals surface area contributed by atoms with Crippen LogP contribution in [0.5, 0.6) is 0 Å². The van der Waals surface area contributed by atoms with Gasteiger partial charge in [0.1, 0.15) is 17.7 Å². The van der Waals surface area contributed by atoms with Crippen molar-refractivity contribution < 1.29 is 14.3 Å². The van der Waals surface area contributed by atoms with Gasteiger partial charge in [-0.2, -0.15) is 5.10 Å². The monoisotopic (exact) mass is 446 g/mol. The number of ether oxygens (including phenoxy) is 1. The van der Waals surface area contributed by atoms with E-state index in [4.69, 9.17) is 4.74 Å². The van der Waals surface area contributed by atoms with Crippen LogP contribution in [0.15, 0.2) is 12.7 Å². The maximum atomic E-state index is 13.4. The molecule has 3 heterocycles. The minimum Gasteiger partial charge on any atom is -0.378 e. The molecule has 0 saturated carbocycles. The maximum absolute atomic E-state index is 13.4. The molecule has 0 spiro atoms. The zero-order chi connectivity index (χ0) is 22.0. The van der Waals surface area contributed by atoms with E-state index in [0.717, 1.165) is 24.8 Å². The second kappa shape index (κ2) is 8.96. The number of rotatable bonds is 5. The molecular formula is C21H30N6O3S. The Kier molecular flexibility index (Phi) is 6.29. The lowest BCUT2D eigenvalue weighted by Gasteiger charge is -2.31. The number of urea groups is 1. The Bertz CT molecular complexity index is 933. The second-order valence-electron chi connectivity index (χ2n) is 9.07. The molecule has 9 nitrogen and oxygen atoms in total. The highest BCUT2D eigenvalue weighted by Gasteiger charge is 2.34. The summed E-state index contributed by atoms with van der Waals surface area (Å²) in [7, 11) is 0. The van der Waals surface area contributed by atoms with Gasteiger partial charge in [0, 0.05) is 24.0 Å². The van der Waals surface area contributed by atoms with E-state index < -0.39 is 0 Å². The topological polar surface area (TPSA) is 101 Å². The molecule has 2 aromatic heterocycles. The van der Waals surface area contributed by atoms with Gasteiger partial charge in [-0.3, -0.25) is 14.8 Å². The molecule has 2 N–H and O–H groups in total. The van der Waals surface area contributed by atoms with Crippen LogP contribution in [0, 0.1) is 5.41 Å². The number of amides is 3. The number of hydrogen-bond donors (Lipinski definition) is 2. The van der Waals surface area contributed by atoms with Gasteiger partial charge in [-0.05, 0) is 37.2 Å². The third-order valence-corrected chi connectivity index (χ3v) is 6.97. The number of nitrogens with one attached hydrogen (secondary N) is 2. The van der Waals surface area contributed by atoms with Gasteiger partial charge in [-0.15, -0.1) is 11.3 Å². The molecule has 1 aliphatic heterocycles. The summed E-state index contributed by atoms with van der Waals surface area (Å²) in [6, 6.07) is -0.463. The average molecular weight is 447 g/mol. The molecule has 2 aliphatic rings. The first-order valence-corrected chi connectivity index (χ1v) is 11.6. The number of hydrogen-bond acceptors (Lipinski definition) is 6. The number of fused-ring (bicyclic) bond motifs is 1. The van der Waals surface area contributed by atoms with Gasteiger partial charge in [0.05, 0.1) is 25.3 Å². The zero-order valence-electron chi connectivity index (χ0n) is 18.3. The molecule has 0 radical (unpaired) electrons.